The standard InChI is InChI=1S/C22H41F3N6O2/c1-16-7-8-18(33-16)13-26-19-27-20(29-21(28-19)32-15-22(23,24)25)31-11-9-30(10-12-31)14-17-5-3-2-4-6-17/h16-21,26-29H,2-15H2,1H3. The van der Waals surface area contributed by atoms with Gasteiger partial charge in [0, 0.05) is 39.3 Å². The van der Waals surface area contributed by atoms with Crippen LogP contribution in [0.15, 0.2) is 0 Å². The van der Waals surface area contributed by atoms with Crippen molar-refractivity contribution in [1.29, 1.82) is 0 Å². The van der Waals surface area contributed by atoms with Crippen LogP contribution in [0.2, 0.25) is 0 Å². The largest absolute Gasteiger partial charge is 0.411 e. The molecule has 1 saturated carbocycles. The van der Waals surface area contributed by atoms with Crippen LogP contribution in [0.3, 0.4) is 0 Å². The fourth-order valence-electron chi connectivity index (χ4n) is 5.42. The van der Waals surface area contributed by atoms with Gasteiger partial charge in [-0.3, -0.25) is 26.2 Å². The molecule has 0 aromatic carbocycles. The van der Waals surface area contributed by atoms with E-state index in [-0.39, 0.29) is 24.8 Å². The van der Waals surface area contributed by atoms with Crippen molar-refractivity contribution in [2.24, 2.45) is 5.92 Å². The molecule has 5 atom stereocenters. The Hall–Kier alpha value is -0.530. The molecule has 3 heterocycles. The molecule has 5 unspecified atom stereocenters. The van der Waals surface area contributed by atoms with E-state index in [2.05, 4.69) is 38.0 Å². The van der Waals surface area contributed by atoms with Gasteiger partial charge in [-0.1, -0.05) is 19.3 Å². The van der Waals surface area contributed by atoms with Gasteiger partial charge >= 0.3 is 6.18 Å². The highest BCUT2D eigenvalue weighted by Gasteiger charge is 2.36. The molecule has 0 aromatic heterocycles. The number of nitrogens with one attached hydrogen (secondary N) is 4. The van der Waals surface area contributed by atoms with Crippen LogP contribution in [0.25, 0.3) is 0 Å². The zero-order chi connectivity index (χ0) is 23.3. The van der Waals surface area contributed by atoms with Crippen LogP contribution in [-0.4, -0.2) is 93.0 Å². The first-order valence-electron chi connectivity index (χ1n) is 12.7. The van der Waals surface area contributed by atoms with Gasteiger partial charge in [-0.25, -0.2) is 0 Å². The Morgan fingerprint density at radius 1 is 0.970 bits per heavy atom. The molecule has 3 saturated heterocycles. The highest BCUT2D eigenvalue weighted by atomic mass is 19.4. The minimum Gasteiger partial charge on any atom is -0.374 e. The SMILES string of the molecule is CC1CCC(CNC2NC(OCC(F)(F)F)NC(N3CCN(CC4CCCCC4)CC3)N2)O1. The highest BCUT2D eigenvalue weighted by Crippen LogP contribution is 2.25. The van der Waals surface area contributed by atoms with E-state index < -0.39 is 19.1 Å². The summed E-state index contributed by atoms with van der Waals surface area (Å²) in [6.45, 7) is 6.23. The molecule has 0 amide bonds. The summed E-state index contributed by atoms with van der Waals surface area (Å²) in [6.07, 6.45) is 3.22. The lowest BCUT2D eigenvalue weighted by molar-refractivity contribution is -0.202. The minimum atomic E-state index is -4.37. The maximum absolute atomic E-state index is 12.7. The number of hydrogen-bond donors (Lipinski definition) is 4. The molecule has 11 heteroatoms. The Bertz CT molecular complexity index is 587. The number of nitrogens with zero attached hydrogens (tertiary/aromatic N) is 2. The van der Waals surface area contributed by atoms with Gasteiger partial charge in [0.1, 0.15) is 19.2 Å². The smallest absolute Gasteiger partial charge is 0.374 e. The monoisotopic (exact) mass is 478 g/mol. The van der Waals surface area contributed by atoms with Gasteiger partial charge in [-0.15, -0.1) is 0 Å². The van der Waals surface area contributed by atoms with Gasteiger partial charge in [-0.05, 0) is 38.5 Å². The minimum absolute atomic E-state index is 0.120. The van der Waals surface area contributed by atoms with Crippen LogP contribution in [0.4, 0.5) is 13.2 Å². The predicted molar refractivity (Wildman–Crippen MR) is 119 cm³/mol. The first kappa shape index (κ1) is 25.6. The van der Waals surface area contributed by atoms with Gasteiger partial charge in [0.15, 0.2) is 6.35 Å². The zero-order valence-corrected chi connectivity index (χ0v) is 19.7. The van der Waals surface area contributed by atoms with E-state index in [9.17, 15) is 13.2 Å². The van der Waals surface area contributed by atoms with Crippen LogP contribution < -0.4 is 21.3 Å². The summed E-state index contributed by atoms with van der Waals surface area (Å²) in [4.78, 5) is 4.80. The molecule has 3 aliphatic heterocycles. The Labute approximate surface area is 195 Å². The molecule has 33 heavy (non-hydrogen) atoms. The van der Waals surface area contributed by atoms with Crippen molar-refractivity contribution >= 4 is 0 Å². The van der Waals surface area contributed by atoms with Crippen molar-refractivity contribution in [1.82, 2.24) is 31.1 Å². The van der Waals surface area contributed by atoms with Crippen molar-refractivity contribution in [2.45, 2.75) is 89.2 Å². The average Bonchev–Trinajstić information content (AvgIpc) is 3.22. The fraction of sp³-hybridized carbons (Fsp3) is 1.00. The van der Waals surface area contributed by atoms with E-state index >= 15 is 0 Å². The van der Waals surface area contributed by atoms with E-state index in [0.717, 1.165) is 44.9 Å². The first-order chi connectivity index (χ1) is 15.8. The van der Waals surface area contributed by atoms with Gasteiger partial charge < -0.3 is 14.4 Å². The van der Waals surface area contributed by atoms with Crippen molar-refractivity contribution < 1.29 is 22.6 Å². The number of hydrogen-bond acceptors (Lipinski definition) is 8. The van der Waals surface area contributed by atoms with Gasteiger partial charge in [0.25, 0.3) is 0 Å². The normalized spacial score (nSPS) is 35.8. The van der Waals surface area contributed by atoms with Crippen LogP contribution in [0.1, 0.15) is 51.9 Å². The third-order valence-corrected chi connectivity index (χ3v) is 7.25. The van der Waals surface area contributed by atoms with E-state index in [1.54, 1.807) is 0 Å². The molecule has 0 spiro atoms. The quantitative estimate of drug-likeness (QED) is 0.419. The molecule has 0 aromatic rings. The second kappa shape index (κ2) is 11.9. The molecule has 8 nitrogen and oxygen atoms in total. The Kier molecular flexibility index (Phi) is 9.25. The lowest BCUT2D eigenvalue weighted by Crippen LogP contribution is -2.76. The number of rotatable bonds is 8. The Morgan fingerprint density at radius 3 is 2.39 bits per heavy atom. The lowest BCUT2D eigenvalue weighted by atomic mass is 9.89. The summed E-state index contributed by atoms with van der Waals surface area (Å²) in [5, 5.41) is 13.0. The van der Waals surface area contributed by atoms with E-state index in [4.69, 9.17) is 9.47 Å². The van der Waals surface area contributed by atoms with E-state index in [0.29, 0.717) is 6.54 Å². The van der Waals surface area contributed by atoms with Crippen LogP contribution in [-0.2, 0) is 9.47 Å². The Morgan fingerprint density at radius 2 is 1.73 bits per heavy atom. The summed E-state index contributed by atoms with van der Waals surface area (Å²) in [6, 6.07) is 0. The fourth-order valence-corrected chi connectivity index (χ4v) is 5.42. The third kappa shape index (κ3) is 8.28. The lowest BCUT2D eigenvalue weighted by Gasteiger charge is -2.46. The van der Waals surface area contributed by atoms with Crippen molar-refractivity contribution in [3.63, 3.8) is 0 Å². The predicted octanol–water partition coefficient (Wildman–Crippen LogP) is 1.55. The topological polar surface area (TPSA) is 73.1 Å². The zero-order valence-electron chi connectivity index (χ0n) is 19.7. The highest BCUT2D eigenvalue weighted by molar-refractivity contribution is 4.84. The summed E-state index contributed by atoms with van der Waals surface area (Å²) in [5.41, 5.74) is 0. The number of piperazine rings is 1. The first-order valence-corrected chi connectivity index (χ1v) is 12.7. The van der Waals surface area contributed by atoms with Gasteiger partial charge in [0.05, 0.1) is 12.2 Å². The van der Waals surface area contributed by atoms with Crippen molar-refractivity contribution in [3.8, 4) is 0 Å². The Balaban J connectivity index is 1.27. The third-order valence-electron chi connectivity index (χ3n) is 7.25. The van der Waals surface area contributed by atoms with Crippen LogP contribution in [0.5, 0.6) is 0 Å². The summed E-state index contributed by atoms with van der Waals surface area (Å²) >= 11 is 0. The van der Waals surface area contributed by atoms with Crippen molar-refractivity contribution in [3.05, 3.63) is 0 Å². The van der Waals surface area contributed by atoms with E-state index in [1.165, 1.54) is 38.6 Å². The number of halogens is 3. The van der Waals surface area contributed by atoms with Crippen LogP contribution in [0, 0.1) is 5.92 Å². The van der Waals surface area contributed by atoms with Crippen molar-refractivity contribution in [2.75, 3.05) is 45.9 Å². The molecule has 4 N–H and O–H groups in total. The molecule has 192 valence electrons. The summed E-state index contributed by atoms with van der Waals surface area (Å²) in [5.74, 6) is 0.815. The molecular weight excluding hydrogens is 437 g/mol. The number of ether oxygens (including phenoxy) is 2. The van der Waals surface area contributed by atoms with Gasteiger partial charge in [-0.2, -0.15) is 13.2 Å². The molecule has 0 bridgehead atoms. The van der Waals surface area contributed by atoms with Gasteiger partial charge in [0.2, 0.25) is 0 Å². The molecular formula is C22H41F3N6O2. The maximum atomic E-state index is 12.7. The molecule has 0 radical (unpaired) electrons. The van der Waals surface area contributed by atoms with E-state index in [1.807, 2.05) is 0 Å². The number of alkyl halides is 3. The molecule has 4 aliphatic rings. The molecule has 1 aliphatic carbocycles. The molecule has 4 fully saturated rings. The summed E-state index contributed by atoms with van der Waals surface area (Å²) in [7, 11) is 0. The average molecular weight is 479 g/mol. The second-order valence-corrected chi connectivity index (χ2v) is 10.0. The maximum Gasteiger partial charge on any atom is 0.411 e. The molecule has 4 rings (SSSR count). The second-order valence-electron chi connectivity index (χ2n) is 10.0. The van der Waals surface area contributed by atoms with Crippen LogP contribution >= 0.6 is 0 Å². The summed E-state index contributed by atoms with van der Waals surface area (Å²) < 4.78 is 49.2.